The first-order valence-electron chi connectivity index (χ1n) is 5.43. The highest BCUT2D eigenvalue weighted by atomic mass is 79.9. The Morgan fingerprint density at radius 2 is 1.95 bits per heavy atom. The van der Waals surface area contributed by atoms with Crippen LogP contribution < -0.4 is 4.74 Å². The van der Waals surface area contributed by atoms with Crippen LogP contribution in [0.5, 0.6) is 11.6 Å². The third-order valence-corrected chi connectivity index (χ3v) is 3.04. The predicted octanol–water partition coefficient (Wildman–Crippen LogP) is 4.23. The van der Waals surface area contributed by atoms with E-state index in [0.29, 0.717) is 11.6 Å². The standard InChI is InChI=1S/C13H7BrClN3O/c14-8-5-9(7-16-6-8)19-12-10-3-1-2-4-11(10)17-13(15)18-12/h1-7H. The highest BCUT2D eigenvalue weighted by Crippen LogP contribution is 2.28. The monoisotopic (exact) mass is 335 g/mol. The first-order chi connectivity index (χ1) is 9.22. The minimum Gasteiger partial charge on any atom is -0.437 e. The summed E-state index contributed by atoms with van der Waals surface area (Å²) < 4.78 is 6.55. The van der Waals surface area contributed by atoms with Gasteiger partial charge in [-0.2, -0.15) is 4.98 Å². The van der Waals surface area contributed by atoms with Gasteiger partial charge in [-0.15, -0.1) is 0 Å². The average molecular weight is 337 g/mol. The number of ether oxygens (including phenoxy) is 1. The van der Waals surface area contributed by atoms with Crippen LogP contribution in [0.15, 0.2) is 47.2 Å². The van der Waals surface area contributed by atoms with Gasteiger partial charge in [-0.25, -0.2) is 4.98 Å². The predicted molar refractivity (Wildman–Crippen MR) is 76.6 cm³/mol. The maximum Gasteiger partial charge on any atom is 0.231 e. The Morgan fingerprint density at radius 1 is 1.11 bits per heavy atom. The lowest BCUT2D eigenvalue weighted by Crippen LogP contribution is -1.93. The third kappa shape index (κ3) is 2.67. The lowest BCUT2D eigenvalue weighted by Gasteiger charge is -2.07. The molecule has 0 aliphatic carbocycles. The molecule has 6 heteroatoms. The van der Waals surface area contributed by atoms with E-state index >= 15 is 0 Å². The van der Waals surface area contributed by atoms with E-state index in [9.17, 15) is 0 Å². The normalized spacial score (nSPS) is 10.6. The summed E-state index contributed by atoms with van der Waals surface area (Å²) in [4.78, 5) is 12.3. The molecule has 0 N–H and O–H groups in total. The zero-order chi connectivity index (χ0) is 13.2. The molecule has 1 aromatic carbocycles. The van der Waals surface area contributed by atoms with Crippen molar-refractivity contribution in [1.29, 1.82) is 0 Å². The van der Waals surface area contributed by atoms with Crippen molar-refractivity contribution in [2.75, 3.05) is 0 Å². The molecule has 0 amide bonds. The summed E-state index contributed by atoms with van der Waals surface area (Å²) in [6.45, 7) is 0. The largest absolute Gasteiger partial charge is 0.437 e. The Kier molecular flexibility index (Phi) is 3.31. The van der Waals surface area contributed by atoms with E-state index in [1.165, 1.54) is 0 Å². The van der Waals surface area contributed by atoms with E-state index < -0.39 is 0 Å². The Morgan fingerprint density at radius 3 is 2.79 bits per heavy atom. The second-order valence-corrected chi connectivity index (χ2v) is 5.01. The van der Waals surface area contributed by atoms with E-state index in [0.717, 1.165) is 15.4 Å². The van der Waals surface area contributed by atoms with Gasteiger partial charge in [0.15, 0.2) is 0 Å². The average Bonchev–Trinajstić information content (AvgIpc) is 2.38. The molecule has 94 valence electrons. The van der Waals surface area contributed by atoms with Crippen molar-refractivity contribution in [3.05, 3.63) is 52.5 Å². The molecule has 3 rings (SSSR count). The molecule has 4 nitrogen and oxygen atoms in total. The molecule has 0 unspecified atom stereocenters. The van der Waals surface area contributed by atoms with Crippen molar-refractivity contribution in [3.8, 4) is 11.6 Å². The van der Waals surface area contributed by atoms with Crippen LogP contribution in [0.2, 0.25) is 5.28 Å². The fraction of sp³-hybridized carbons (Fsp3) is 0. The van der Waals surface area contributed by atoms with E-state index in [2.05, 4.69) is 30.9 Å². The van der Waals surface area contributed by atoms with Crippen molar-refractivity contribution in [2.24, 2.45) is 0 Å². The maximum absolute atomic E-state index is 5.89. The fourth-order valence-corrected chi connectivity index (χ4v) is 2.17. The van der Waals surface area contributed by atoms with Crippen molar-refractivity contribution < 1.29 is 4.74 Å². The number of fused-ring (bicyclic) bond motifs is 1. The van der Waals surface area contributed by atoms with Crippen molar-refractivity contribution in [2.45, 2.75) is 0 Å². The smallest absolute Gasteiger partial charge is 0.231 e. The van der Waals surface area contributed by atoms with Gasteiger partial charge in [0, 0.05) is 10.7 Å². The van der Waals surface area contributed by atoms with Crippen LogP contribution in [0.25, 0.3) is 10.9 Å². The highest BCUT2D eigenvalue weighted by Gasteiger charge is 2.08. The van der Waals surface area contributed by atoms with E-state index in [-0.39, 0.29) is 5.28 Å². The molecule has 0 saturated carbocycles. The first kappa shape index (κ1) is 12.3. The third-order valence-electron chi connectivity index (χ3n) is 2.44. The molecule has 0 saturated heterocycles. The van der Waals surface area contributed by atoms with Crippen LogP contribution in [0.1, 0.15) is 0 Å². The van der Waals surface area contributed by atoms with Gasteiger partial charge in [0.1, 0.15) is 5.75 Å². The summed E-state index contributed by atoms with van der Waals surface area (Å²) in [7, 11) is 0. The molecule has 0 bridgehead atoms. The van der Waals surface area contributed by atoms with Crippen LogP contribution in [0.3, 0.4) is 0 Å². The van der Waals surface area contributed by atoms with Gasteiger partial charge in [-0.1, -0.05) is 12.1 Å². The van der Waals surface area contributed by atoms with Crippen molar-refractivity contribution in [1.82, 2.24) is 15.0 Å². The topological polar surface area (TPSA) is 47.9 Å². The molecule has 2 aromatic heterocycles. The summed E-state index contributed by atoms with van der Waals surface area (Å²) in [5, 5.41) is 0.948. The number of halogens is 2. The molecule has 0 aliphatic heterocycles. The number of hydrogen-bond acceptors (Lipinski definition) is 4. The molecule has 0 radical (unpaired) electrons. The highest BCUT2D eigenvalue weighted by molar-refractivity contribution is 9.10. The summed E-state index contributed by atoms with van der Waals surface area (Å²) in [5.74, 6) is 0.991. The van der Waals surface area contributed by atoms with Gasteiger partial charge in [0.2, 0.25) is 11.2 Å². The lowest BCUT2D eigenvalue weighted by molar-refractivity contribution is 0.465. The fourth-order valence-electron chi connectivity index (χ4n) is 1.66. The zero-order valence-electron chi connectivity index (χ0n) is 9.55. The van der Waals surface area contributed by atoms with E-state index in [4.69, 9.17) is 16.3 Å². The molecular weight excluding hydrogens is 330 g/mol. The van der Waals surface area contributed by atoms with Gasteiger partial charge in [-0.3, -0.25) is 4.98 Å². The molecule has 0 fully saturated rings. The van der Waals surface area contributed by atoms with Crippen LogP contribution in [0, 0.1) is 0 Å². The SMILES string of the molecule is Clc1nc(Oc2cncc(Br)c2)c2ccccc2n1. The van der Waals surface area contributed by atoms with E-state index in [1.807, 2.05) is 24.3 Å². The Labute approximate surface area is 122 Å². The van der Waals surface area contributed by atoms with E-state index in [1.54, 1.807) is 18.5 Å². The molecule has 0 aliphatic rings. The Bertz CT molecular complexity index is 751. The number of rotatable bonds is 2. The van der Waals surface area contributed by atoms with Gasteiger partial charge in [0.25, 0.3) is 0 Å². The van der Waals surface area contributed by atoms with Gasteiger partial charge in [0.05, 0.1) is 17.1 Å². The van der Waals surface area contributed by atoms with Gasteiger partial charge < -0.3 is 4.74 Å². The number of benzene rings is 1. The number of hydrogen-bond donors (Lipinski definition) is 0. The quantitative estimate of drug-likeness (QED) is 0.657. The molecule has 3 aromatic rings. The summed E-state index contributed by atoms with van der Waals surface area (Å²) in [5.41, 5.74) is 0.737. The van der Waals surface area contributed by atoms with Gasteiger partial charge >= 0.3 is 0 Å². The molecule has 0 atom stereocenters. The minimum atomic E-state index is 0.150. The number of nitrogens with zero attached hydrogens (tertiary/aromatic N) is 3. The van der Waals surface area contributed by atoms with Crippen LogP contribution >= 0.6 is 27.5 Å². The van der Waals surface area contributed by atoms with Crippen LogP contribution in [-0.2, 0) is 0 Å². The van der Waals surface area contributed by atoms with Crippen LogP contribution in [-0.4, -0.2) is 15.0 Å². The second kappa shape index (κ2) is 5.11. The first-order valence-corrected chi connectivity index (χ1v) is 6.60. The van der Waals surface area contributed by atoms with Crippen molar-refractivity contribution in [3.63, 3.8) is 0 Å². The minimum absolute atomic E-state index is 0.150. The Balaban J connectivity index is 2.09. The molecule has 2 heterocycles. The summed E-state index contributed by atoms with van der Waals surface area (Å²) in [6.07, 6.45) is 3.29. The number of pyridine rings is 1. The lowest BCUT2D eigenvalue weighted by atomic mass is 10.2. The second-order valence-electron chi connectivity index (χ2n) is 3.76. The van der Waals surface area contributed by atoms with Crippen LogP contribution in [0.4, 0.5) is 0 Å². The number of aromatic nitrogens is 3. The molecular formula is C13H7BrClN3O. The Hall–Kier alpha value is -1.72. The molecule has 19 heavy (non-hydrogen) atoms. The van der Waals surface area contributed by atoms with Gasteiger partial charge in [-0.05, 0) is 45.7 Å². The summed E-state index contributed by atoms with van der Waals surface area (Å²) >= 11 is 9.23. The zero-order valence-corrected chi connectivity index (χ0v) is 11.9. The summed E-state index contributed by atoms with van der Waals surface area (Å²) in [6, 6.07) is 9.32. The van der Waals surface area contributed by atoms with Crippen molar-refractivity contribution >= 4 is 38.4 Å². The maximum atomic E-state index is 5.89. The molecule has 0 spiro atoms. The number of para-hydroxylation sites is 1.